The summed E-state index contributed by atoms with van der Waals surface area (Å²) in [7, 11) is 0. The van der Waals surface area contributed by atoms with Gasteiger partial charge in [0.05, 0.1) is 12.2 Å². The van der Waals surface area contributed by atoms with Crippen molar-refractivity contribution >= 4 is 5.91 Å². The molecular formula is C19H39NO3. The van der Waals surface area contributed by atoms with Crippen LogP contribution in [0.1, 0.15) is 75.7 Å². The fraction of sp³-hybridized carbons (Fsp3) is 0.947. The van der Waals surface area contributed by atoms with E-state index in [0.29, 0.717) is 19.8 Å². The molecule has 0 bridgehead atoms. The lowest BCUT2D eigenvalue weighted by atomic mass is 9.67. The van der Waals surface area contributed by atoms with Gasteiger partial charge in [-0.25, -0.2) is 0 Å². The van der Waals surface area contributed by atoms with E-state index in [1.807, 2.05) is 34.6 Å². The van der Waals surface area contributed by atoms with E-state index in [-0.39, 0.29) is 22.3 Å². The molecule has 0 aliphatic heterocycles. The Bertz CT molecular complexity index is 373. The van der Waals surface area contributed by atoms with Crippen molar-refractivity contribution in [2.24, 2.45) is 10.8 Å². The Morgan fingerprint density at radius 3 is 1.78 bits per heavy atom. The minimum absolute atomic E-state index is 0.0939. The molecule has 0 radical (unpaired) electrons. The monoisotopic (exact) mass is 329 g/mol. The zero-order valence-electron chi connectivity index (χ0n) is 17.1. The summed E-state index contributed by atoms with van der Waals surface area (Å²) in [6.07, 6.45) is 0.917. The maximum Gasteiger partial charge on any atom is 0.251 e. The molecule has 0 unspecified atom stereocenters. The van der Waals surface area contributed by atoms with Crippen molar-refractivity contribution < 1.29 is 14.3 Å². The van der Waals surface area contributed by atoms with Gasteiger partial charge in [0.1, 0.15) is 5.60 Å². The average molecular weight is 330 g/mol. The lowest BCUT2D eigenvalue weighted by Gasteiger charge is -2.39. The van der Waals surface area contributed by atoms with Gasteiger partial charge in [-0.05, 0) is 51.9 Å². The van der Waals surface area contributed by atoms with Crippen LogP contribution in [-0.2, 0) is 14.3 Å². The van der Waals surface area contributed by atoms with Crippen molar-refractivity contribution in [2.75, 3.05) is 19.8 Å². The first-order valence-electron chi connectivity index (χ1n) is 8.65. The predicted molar refractivity (Wildman–Crippen MR) is 96.6 cm³/mol. The molecule has 23 heavy (non-hydrogen) atoms. The average Bonchev–Trinajstić information content (AvgIpc) is 2.31. The molecule has 138 valence electrons. The van der Waals surface area contributed by atoms with Crippen LogP contribution >= 0.6 is 0 Å². The summed E-state index contributed by atoms with van der Waals surface area (Å²) in [6, 6.07) is 0. The maximum atomic E-state index is 12.3. The third kappa shape index (κ3) is 8.71. The van der Waals surface area contributed by atoms with Crippen LogP contribution in [0.2, 0.25) is 0 Å². The Balaban J connectivity index is 4.24. The van der Waals surface area contributed by atoms with Gasteiger partial charge in [-0.1, -0.05) is 34.6 Å². The molecule has 1 amide bonds. The lowest BCUT2D eigenvalue weighted by Crippen LogP contribution is -2.46. The highest BCUT2D eigenvalue weighted by Gasteiger charge is 2.34. The number of carbonyl (C=O) groups is 1. The maximum absolute atomic E-state index is 12.3. The minimum Gasteiger partial charge on any atom is -0.374 e. The number of hydrogen-bond donors (Lipinski definition) is 1. The van der Waals surface area contributed by atoms with Crippen molar-refractivity contribution in [3.05, 3.63) is 0 Å². The van der Waals surface area contributed by atoms with E-state index in [4.69, 9.17) is 9.47 Å². The van der Waals surface area contributed by atoms with E-state index in [2.05, 4.69) is 39.9 Å². The highest BCUT2D eigenvalue weighted by atomic mass is 16.5. The van der Waals surface area contributed by atoms with Gasteiger partial charge in [0, 0.05) is 13.2 Å². The zero-order valence-corrected chi connectivity index (χ0v) is 17.1. The third-order valence-corrected chi connectivity index (χ3v) is 4.69. The highest BCUT2D eigenvalue weighted by Crippen LogP contribution is 2.40. The Morgan fingerprint density at radius 2 is 1.35 bits per heavy atom. The van der Waals surface area contributed by atoms with Gasteiger partial charge in [-0.3, -0.25) is 4.79 Å². The first-order chi connectivity index (χ1) is 10.1. The van der Waals surface area contributed by atoms with E-state index in [9.17, 15) is 4.79 Å². The summed E-state index contributed by atoms with van der Waals surface area (Å²) in [6.45, 7) is 22.4. The van der Waals surface area contributed by atoms with Crippen molar-refractivity contribution in [3.8, 4) is 0 Å². The zero-order chi connectivity index (χ0) is 18.5. The van der Waals surface area contributed by atoms with Crippen LogP contribution in [0.5, 0.6) is 0 Å². The summed E-state index contributed by atoms with van der Waals surface area (Å²) < 4.78 is 11.5. The smallest absolute Gasteiger partial charge is 0.251 e. The molecule has 0 heterocycles. The van der Waals surface area contributed by atoms with Gasteiger partial charge in [0.2, 0.25) is 0 Å². The van der Waals surface area contributed by atoms with Crippen LogP contribution < -0.4 is 5.32 Å². The lowest BCUT2D eigenvalue weighted by molar-refractivity contribution is -0.144. The largest absolute Gasteiger partial charge is 0.374 e. The molecule has 0 aromatic carbocycles. The molecular weight excluding hydrogens is 290 g/mol. The fourth-order valence-corrected chi connectivity index (χ4v) is 1.74. The minimum atomic E-state index is -0.824. The molecule has 0 aliphatic rings. The third-order valence-electron chi connectivity index (χ3n) is 4.69. The second-order valence-electron chi connectivity index (χ2n) is 9.46. The van der Waals surface area contributed by atoms with E-state index >= 15 is 0 Å². The Morgan fingerprint density at radius 1 is 0.826 bits per heavy atom. The quantitative estimate of drug-likeness (QED) is 0.680. The van der Waals surface area contributed by atoms with Crippen molar-refractivity contribution in [1.82, 2.24) is 5.32 Å². The second kappa shape index (κ2) is 7.98. The molecule has 0 aromatic rings. The van der Waals surface area contributed by atoms with Crippen LogP contribution in [-0.4, -0.2) is 36.9 Å². The van der Waals surface area contributed by atoms with Crippen LogP contribution in [0.25, 0.3) is 0 Å². The van der Waals surface area contributed by atoms with Crippen LogP contribution in [0.4, 0.5) is 0 Å². The summed E-state index contributed by atoms with van der Waals surface area (Å²) >= 11 is 0. The predicted octanol–water partition coefficient (Wildman–Crippen LogP) is 4.18. The Kier molecular flexibility index (Phi) is 7.76. The molecule has 0 atom stereocenters. The van der Waals surface area contributed by atoms with Crippen molar-refractivity contribution in [2.45, 2.75) is 86.9 Å². The molecule has 0 fully saturated rings. The first-order valence-corrected chi connectivity index (χ1v) is 8.65. The molecule has 4 heteroatoms. The van der Waals surface area contributed by atoms with E-state index < -0.39 is 5.60 Å². The van der Waals surface area contributed by atoms with Gasteiger partial charge in [0.25, 0.3) is 5.91 Å². The van der Waals surface area contributed by atoms with Gasteiger partial charge in [0.15, 0.2) is 0 Å². The molecule has 1 N–H and O–H groups in total. The van der Waals surface area contributed by atoms with Gasteiger partial charge in [-0.15, -0.1) is 0 Å². The molecule has 4 nitrogen and oxygen atoms in total. The first kappa shape index (κ1) is 22.4. The van der Waals surface area contributed by atoms with Crippen molar-refractivity contribution in [1.29, 1.82) is 0 Å². The number of hydrogen-bond acceptors (Lipinski definition) is 3. The Hall–Kier alpha value is -0.610. The number of ether oxygens (including phenoxy) is 2. The second-order valence-corrected chi connectivity index (χ2v) is 9.46. The number of amides is 1. The van der Waals surface area contributed by atoms with Crippen LogP contribution in [0.3, 0.4) is 0 Å². The van der Waals surface area contributed by atoms with Gasteiger partial charge >= 0.3 is 0 Å². The molecule has 0 spiro atoms. The summed E-state index contributed by atoms with van der Waals surface area (Å²) in [5.41, 5.74) is -0.655. The van der Waals surface area contributed by atoms with E-state index in [1.165, 1.54) is 0 Å². The van der Waals surface area contributed by atoms with E-state index in [0.717, 1.165) is 6.42 Å². The molecule has 0 aromatic heterocycles. The number of carbonyl (C=O) groups excluding carboxylic acids is 1. The van der Waals surface area contributed by atoms with Crippen LogP contribution in [0, 0.1) is 10.8 Å². The topological polar surface area (TPSA) is 47.6 Å². The molecule has 0 aliphatic carbocycles. The highest BCUT2D eigenvalue weighted by molar-refractivity contribution is 5.84. The number of nitrogens with one attached hydrogen (secondary N) is 1. The molecule has 0 rings (SSSR count). The van der Waals surface area contributed by atoms with Gasteiger partial charge < -0.3 is 14.8 Å². The van der Waals surface area contributed by atoms with Crippen molar-refractivity contribution in [3.63, 3.8) is 0 Å². The Labute approximate surface area is 143 Å². The van der Waals surface area contributed by atoms with E-state index in [1.54, 1.807) is 0 Å². The summed E-state index contributed by atoms with van der Waals surface area (Å²) in [4.78, 5) is 12.3. The van der Waals surface area contributed by atoms with Crippen LogP contribution in [0.15, 0.2) is 0 Å². The normalized spacial score (nSPS) is 14.0. The summed E-state index contributed by atoms with van der Waals surface area (Å²) in [5.74, 6) is -0.0939. The number of rotatable bonds is 8. The molecule has 0 saturated carbocycles. The standard InChI is InChI=1S/C19H39NO3/c1-16(2,3)18(7,8)11-13-23-19(9,10)15(21)20-12-14-22-17(4,5)6/h11-14H2,1-10H3,(H,20,21). The van der Waals surface area contributed by atoms with Gasteiger partial charge in [-0.2, -0.15) is 0 Å². The summed E-state index contributed by atoms with van der Waals surface area (Å²) in [5, 5.41) is 2.88. The SMILES string of the molecule is CC(C)(C)OCCNC(=O)C(C)(C)OCCC(C)(C)C(C)(C)C. The fourth-order valence-electron chi connectivity index (χ4n) is 1.74. The molecule has 0 saturated heterocycles.